The molecule has 101 heavy (non-hydrogen) atoms. The summed E-state index contributed by atoms with van der Waals surface area (Å²) in [6.07, 6.45) is 58.3. The summed E-state index contributed by atoms with van der Waals surface area (Å²) in [5.41, 5.74) is 0. The third-order valence-corrected chi connectivity index (χ3v) is 21.0. The Hall–Kier alpha value is -1.94. The standard InChI is InChI=1S/C82H160O17P2/c1-72(2)58-50-42-34-26-19-15-11-9-13-17-21-30-38-46-54-62-79(84)92-68-77(98-81(86)64-56-48-40-31-22-18-14-10-12-16-20-27-35-43-51-59-73(3)4)70-96-100(88,89)94-66-76(83)67-95-101(90,91)97-71-78(69-93-80(85)63-55-47-39-33-25-29-37-45-53-61-75(7)8)99-82(87)65-57-49-41-32-24-23-28-36-44-52-60-74(5)6/h72-78,83H,9-71H2,1-8H3,(H,88,89)(H,90,91)/t76-,77-,78-/m1/s1. The summed E-state index contributed by atoms with van der Waals surface area (Å²) < 4.78 is 68.8. The second kappa shape index (κ2) is 71.0. The lowest BCUT2D eigenvalue weighted by Crippen LogP contribution is -2.30. The molecule has 0 saturated carbocycles. The van der Waals surface area contributed by atoms with Gasteiger partial charge >= 0.3 is 39.5 Å². The van der Waals surface area contributed by atoms with Gasteiger partial charge in [0.15, 0.2) is 12.2 Å². The second-order valence-corrected chi connectivity index (χ2v) is 34.3. The van der Waals surface area contributed by atoms with Gasteiger partial charge in [-0.1, -0.05) is 370 Å². The van der Waals surface area contributed by atoms with Crippen LogP contribution in [0.15, 0.2) is 0 Å². The number of hydrogen-bond donors (Lipinski definition) is 3. The number of aliphatic hydroxyl groups excluding tert-OH is 1. The number of hydrogen-bond acceptors (Lipinski definition) is 15. The SMILES string of the molecule is CC(C)CCCCCCCCCCCCCCCCCC(=O)OC[C@H](COP(=O)(O)OC[C@@H](O)COP(=O)(O)OC[C@@H](COC(=O)CCCCCCCCCCCC(C)C)OC(=O)CCCCCCCCCCCCC(C)C)OC(=O)CCCCCCCCCCCCCCCCCC(C)C. The monoisotopic (exact) mass is 1480 g/mol. The average Bonchev–Trinajstić information content (AvgIpc) is 0.948. The van der Waals surface area contributed by atoms with Gasteiger partial charge in [-0.25, -0.2) is 9.13 Å². The minimum Gasteiger partial charge on any atom is -0.462 e. The average molecular weight is 1480 g/mol. The Bertz CT molecular complexity index is 1970. The summed E-state index contributed by atoms with van der Waals surface area (Å²) in [5, 5.41) is 10.7. The molecule has 19 heteroatoms. The lowest BCUT2D eigenvalue weighted by molar-refractivity contribution is -0.161. The highest BCUT2D eigenvalue weighted by molar-refractivity contribution is 7.47. The van der Waals surface area contributed by atoms with Crippen molar-refractivity contribution in [3.63, 3.8) is 0 Å². The molecule has 0 aromatic rings. The molecule has 0 aromatic carbocycles. The predicted octanol–water partition coefficient (Wildman–Crippen LogP) is 24.4. The molecule has 0 amide bonds. The second-order valence-electron chi connectivity index (χ2n) is 31.4. The Kier molecular flexibility index (Phi) is 69.6. The van der Waals surface area contributed by atoms with Crippen LogP contribution in [0.25, 0.3) is 0 Å². The van der Waals surface area contributed by atoms with Crippen molar-refractivity contribution in [2.75, 3.05) is 39.6 Å². The van der Waals surface area contributed by atoms with Crippen LogP contribution in [0.2, 0.25) is 0 Å². The van der Waals surface area contributed by atoms with Crippen LogP contribution >= 0.6 is 15.6 Å². The minimum atomic E-state index is -4.96. The number of phosphoric acid groups is 2. The van der Waals surface area contributed by atoms with Crippen molar-refractivity contribution in [1.82, 2.24) is 0 Å². The highest BCUT2D eigenvalue weighted by Crippen LogP contribution is 2.45. The van der Waals surface area contributed by atoms with Gasteiger partial charge < -0.3 is 33.8 Å². The minimum absolute atomic E-state index is 0.105. The Morgan fingerprint density at radius 1 is 0.248 bits per heavy atom. The molecule has 0 spiro atoms. The van der Waals surface area contributed by atoms with Crippen molar-refractivity contribution in [1.29, 1.82) is 0 Å². The highest BCUT2D eigenvalue weighted by Gasteiger charge is 2.30. The number of esters is 4. The summed E-state index contributed by atoms with van der Waals surface area (Å²) in [6, 6.07) is 0. The Labute approximate surface area is 619 Å². The van der Waals surface area contributed by atoms with Crippen LogP contribution in [-0.4, -0.2) is 96.7 Å². The number of unbranched alkanes of at least 4 members (excludes halogenated alkanes) is 45. The quantitative estimate of drug-likeness (QED) is 0.0222. The molecule has 0 fully saturated rings. The van der Waals surface area contributed by atoms with Crippen LogP contribution in [0.3, 0.4) is 0 Å². The maximum atomic E-state index is 13.1. The van der Waals surface area contributed by atoms with E-state index in [4.69, 9.17) is 37.0 Å². The number of phosphoric ester groups is 2. The van der Waals surface area contributed by atoms with Gasteiger partial charge in [0.1, 0.15) is 19.3 Å². The fraction of sp³-hybridized carbons (Fsp3) is 0.951. The van der Waals surface area contributed by atoms with Gasteiger partial charge in [-0.15, -0.1) is 0 Å². The summed E-state index contributed by atoms with van der Waals surface area (Å²) in [5.74, 6) is 0.993. The summed E-state index contributed by atoms with van der Waals surface area (Å²) >= 11 is 0. The number of ether oxygens (including phenoxy) is 4. The molecule has 0 aliphatic rings. The van der Waals surface area contributed by atoms with Crippen LogP contribution in [0.4, 0.5) is 0 Å². The zero-order valence-electron chi connectivity index (χ0n) is 66.5. The molecule has 0 aliphatic carbocycles. The number of carbonyl (C=O) groups is 4. The molecule has 0 aromatic heterocycles. The van der Waals surface area contributed by atoms with Crippen LogP contribution in [0.5, 0.6) is 0 Å². The van der Waals surface area contributed by atoms with E-state index >= 15 is 0 Å². The lowest BCUT2D eigenvalue weighted by Gasteiger charge is -2.21. The summed E-state index contributed by atoms with van der Waals surface area (Å²) in [6.45, 7) is 14.3. The van der Waals surface area contributed by atoms with Crippen LogP contribution in [0, 0.1) is 23.7 Å². The van der Waals surface area contributed by atoms with E-state index in [0.717, 1.165) is 114 Å². The molecule has 600 valence electrons. The van der Waals surface area contributed by atoms with E-state index in [2.05, 4.69) is 55.4 Å². The molecule has 0 bridgehead atoms. The molecular formula is C82H160O17P2. The fourth-order valence-corrected chi connectivity index (χ4v) is 14.2. The normalized spacial score (nSPS) is 14.0. The molecular weight excluding hydrogens is 1320 g/mol. The number of aliphatic hydroxyl groups is 1. The van der Waals surface area contributed by atoms with Gasteiger partial charge in [0.05, 0.1) is 26.4 Å². The zero-order valence-corrected chi connectivity index (χ0v) is 68.3. The topological polar surface area (TPSA) is 237 Å². The van der Waals surface area contributed by atoms with E-state index in [0.29, 0.717) is 25.7 Å². The maximum Gasteiger partial charge on any atom is 0.472 e. The molecule has 0 heterocycles. The summed E-state index contributed by atoms with van der Waals surface area (Å²) in [4.78, 5) is 73.1. The molecule has 5 atom stereocenters. The van der Waals surface area contributed by atoms with Crippen molar-refractivity contribution < 1.29 is 80.2 Å². The van der Waals surface area contributed by atoms with Gasteiger partial charge in [-0.05, 0) is 49.4 Å². The molecule has 2 unspecified atom stereocenters. The Balaban J connectivity index is 5.26. The van der Waals surface area contributed by atoms with Crippen molar-refractivity contribution in [3.05, 3.63) is 0 Å². The first-order chi connectivity index (χ1) is 48.6. The van der Waals surface area contributed by atoms with E-state index < -0.39 is 97.5 Å². The van der Waals surface area contributed by atoms with Gasteiger partial charge in [0.2, 0.25) is 0 Å². The highest BCUT2D eigenvalue weighted by atomic mass is 31.2. The van der Waals surface area contributed by atoms with E-state index in [1.165, 1.54) is 225 Å². The number of carbonyl (C=O) groups excluding carboxylic acids is 4. The number of rotatable bonds is 79. The maximum absolute atomic E-state index is 13.1. The predicted molar refractivity (Wildman–Crippen MR) is 414 cm³/mol. The largest absolute Gasteiger partial charge is 0.472 e. The molecule has 0 saturated heterocycles. The molecule has 0 aliphatic heterocycles. The van der Waals surface area contributed by atoms with Crippen molar-refractivity contribution >= 4 is 39.5 Å². The van der Waals surface area contributed by atoms with Crippen molar-refractivity contribution in [3.8, 4) is 0 Å². The van der Waals surface area contributed by atoms with Crippen molar-refractivity contribution in [2.24, 2.45) is 23.7 Å². The third-order valence-electron chi connectivity index (χ3n) is 19.1. The lowest BCUT2D eigenvalue weighted by atomic mass is 10.0. The van der Waals surface area contributed by atoms with Crippen LogP contribution < -0.4 is 0 Å². The first-order valence-corrected chi connectivity index (χ1v) is 45.2. The zero-order chi connectivity index (χ0) is 74.6. The van der Waals surface area contributed by atoms with E-state index in [-0.39, 0.29) is 25.7 Å². The first kappa shape index (κ1) is 99.1. The van der Waals surface area contributed by atoms with Gasteiger partial charge in [-0.3, -0.25) is 37.3 Å². The first-order valence-electron chi connectivity index (χ1n) is 42.2. The molecule has 0 radical (unpaired) electrons. The Morgan fingerprint density at radius 2 is 0.416 bits per heavy atom. The van der Waals surface area contributed by atoms with Crippen LogP contribution in [0.1, 0.15) is 421 Å². The van der Waals surface area contributed by atoms with Gasteiger partial charge in [-0.2, -0.15) is 0 Å². The van der Waals surface area contributed by atoms with E-state index in [1.807, 2.05) is 0 Å². The van der Waals surface area contributed by atoms with Crippen LogP contribution in [-0.2, 0) is 65.4 Å². The summed E-state index contributed by atoms with van der Waals surface area (Å²) in [7, 11) is -9.92. The van der Waals surface area contributed by atoms with Crippen molar-refractivity contribution in [2.45, 2.75) is 440 Å². The molecule has 3 N–H and O–H groups in total. The fourth-order valence-electron chi connectivity index (χ4n) is 12.6. The van der Waals surface area contributed by atoms with Gasteiger partial charge in [0, 0.05) is 25.7 Å². The van der Waals surface area contributed by atoms with Gasteiger partial charge in [0.25, 0.3) is 0 Å². The van der Waals surface area contributed by atoms with E-state index in [1.54, 1.807) is 0 Å². The molecule has 0 rings (SSSR count). The molecule has 17 nitrogen and oxygen atoms in total. The Morgan fingerprint density at radius 3 is 0.614 bits per heavy atom. The van der Waals surface area contributed by atoms with E-state index in [9.17, 15) is 43.2 Å². The smallest absolute Gasteiger partial charge is 0.462 e. The third kappa shape index (κ3) is 76.1.